The molecule has 0 N–H and O–H groups in total. The SMILES string of the molecule is C=CN(C=C)COCCCOC. The summed E-state index contributed by atoms with van der Waals surface area (Å²) in [4.78, 5) is 1.77. The third-order valence-electron chi connectivity index (χ3n) is 1.35. The van der Waals surface area contributed by atoms with E-state index < -0.39 is 0 Å². The lowest BCUT2D eigenvalue weighted by Gasteiger charge is -2.13. The normalized spacial score (nSPS) is 9.42. The lowest BCUT2D eigenvalue weighted by Crippen LogP contribution is -2.14. The number of rotatable bonds is 8. The van der Waals surface area contributed by atoms with Gasteiger partial charge < -0.3 is 14.4 Å². The zero-order valence-electron chi connectivity index (χ0n) is 7.66. The van der Waals surface area contributed by atoms with Crippen molar-refractivity contribution in [2.24, 2.45) is 0 Å². The van der Waals surface area contributed by atoms with E-state index in [9.17, 15) is 0 Å². The van der Waals surface area contributed by atoms with Crippen molar-refractivity contribution in [2.75, 3.05) is 27.1 Å². The topological polar surface area (TPSA) is 21.7 Å². The molecule has 0 spiro atoms. The van der Waals surface area contributed by atoms with Gasteiger partial charge in [0.2, 0.25) is 0 Å². The van der Waals surface area contributed by atoms with Gasteiger partial charge in [-0.05, 0) is 18.8 Å². The Labute approximate surface area is 74.3 Å². The average Bonchev–Trinajstić information content (AvgIpc) is 2.11. The van der Waals surface area contributed by atoms with Gasteiger partial charge in [0.05, 0.1) is 6.61 Å². The smallest absolute Gasteiger partial charge is 0.122 e. The molecule has 0 saturated heterocycles. The van der Waals surface area contributed by atoms with Crippen LogP contribution in [0.2, 0.25) is 0 Å². The summed E-state index contributed by atoms with van der Waals surface area (Å²) >= 11 is 0. The summed E-state index contributed by atoms with van der Waals surface area (Å²) in [6, 6.07) is 0. The molecule has 0 aliphatic heterocycles. The lowest BCUT2D eigenvalue weighted by atomic mass is 10.5. The summed E-state index contributed by atoms with van der Waals surface area (Å²) < 4.78 is 10.2. The number of nitrogens with zero attached hydrogens (tertiary/aromatic N) is 1. The van der Waals surface area contributed by atoms with Crippen LogP contribution < -0.4 is 0 Å². The van der Waals surface area contributed by atoms with Crippen molar-refractivity contribution in [1.82, 2.24) is 4.90 Å². The van der Waals surface area contributed by atoms with Crippen LogP contribution in [0.3, 0.4) is 0 Å². The van der Waals surface area contributed by atoms with Gasteiger partial charge in [-0.3, -0.25) is 0 Å². The van der Waals surface area contributed by atoms with Crippen molar-refractivity contribution in [2.45, 2.75) is 6.42 Å². The highest BCUT2D eigenvalue weighted by Crippen LogP contribution is 1.90. The molecule has 0 saturated carbocycles. The predicted molar refractivity (Wildman–Crippen MR) is 49.5 cm³/mol. The summed E-state index contributed by atoms with van der Waals surface area (Å²) in [5, 5.41) is 0. The van der Waals surface area contributed by atoms with Crippen LogP contribution in [0.1, 0.15) is 6.42 Å². The van der Waals surface area contributed by atoms with Crippen LogP contribution in [0.5, 0.6) is 0 Å². The quantitative estimate of drug-likeness (QED) is 0.409. The Bertz CT molecular complexity index is 118. The fourth-order valence-electron chi connectivity index (χ4n) is 0.655. The molecular weight excluding hydrogens is 154 g/mol. The molecule has 0 bridgehead atoms. The van der Waals surface area contributed by atoms with Crippen LogP contribution in [0, 0.1) is 0 Å². The molecule has 3 nitrogen and oxygen atoms in total. The minimum atomic E-state index is 0.511. The molecule has 0 radical (unpaired) electrons. The van der Waals surface area contributed by atoms with E-state index in [4.69, 9.17) is 9.47 Å². The summed E-state index contributed by atoms with van der Waals surface area (Å²) in [7, 11) is 1.68. The first-order valence-electron chi connectivity index (χ1n) is 3.92. The van der Waals surface area contributed by atoms with Crippen molar-refractivity contribution in [3.8, 4) is 0 Å². The van der Waals surface area contributed by atoms with E-state index in [0.29, 0.717) is 13.3 Å². The molecule has 0 aliphatic carbocycles. The number of hydrogen-bond acceptors (Lipinski definition) is 3. The second-order valence-electron chi connectivity index (χ2n) is 2.26. The second-order valence-corrected chi connectivity index (χ2v) is 2.26. The van der Waals surface area contributed by atoms with Crippen LogP contribution >= 0.6 is 0 Å². The largest absolute Gasteiger partial charge is 0.385 e. The van der Waals surface area contributed by atoms with Gasteiger partial charge >= 0.3 is 0 Å². The molecule has 0 fully saturated rings. The van der Waals surface area contributed by atoms with Gasteiger partial charge in [-0.15, -0.1) is 0 Å². The Hall–Kier alpha value is -0.800. The standard InChI is InChI=1S/C9H17NO2/c1-4-10(5-2)9-12-8-6-7-11-3/h4-5H,1-2,6-9H2,3H3. The zero-order valence-corrected chi connectivity index (χ0v) is 7.66. The minimum Gasteiger partial charge on any atom is -0.385 e. The lowest BCUT2D eigenvalue weighted by molar-refractivity contribution is 0.0593. The third kappa shape index (κ3) is 5.95. The Kier molecular flexibility index (Phi) is 7.74. The van der Waals surface area contributed by atoms with Crippen molar-refractivity contribution < 1.29 is 9.47 Å². The van der Waals surface area contributed by atoms with Gasteiger partial charge in [0.25, 0.3) is 0 Å². The van der Waals surface area contributed by atoms with E-state index in [0.717, 1.165) is 13.0 Å². The fourth-order valence-corrected chi connectivity index (χ4v) is 0.655. The van der Waals surface area contributed by atoms with Crippen molar-refractivity contribution in [3.05, 3.63) is 25.6 Å². The molecule has 0 rings (SSSR count). The highest BCUT2D eigenvalue weighted by Gasteiger charge is 1.91. The summed E-state index contributed by atoms with van der Waals surface area (Å²) in [5.41, 5.74) is 0. The van der Waals surface area contributed by atoms with E-state index in [1.807, 2.05) is 0 Å². The molecular formula is C9H17NO2. The Morgan fingerprint density at radius 3 is 2.42 bits per heavy atom. The minimum absolute atomic E-state index is 0.511. The summed E-state index contributed by atoms with van der Waals surface area (Å²) in [5.74, 6) is 0. The predicted octanol–water partition coefficient (Wildman–Crippen LogP) is 1.59. The third-order valence-corrected chi connectivity index (χ3v) is 1.35. The van der Waals surface area contributed by atoms with Crippen LogP contribution in [-0.2, 0) is 9.47 Å². The van der Waals surface area contributed by atoms with Crippen molar-refractivity contribution >= 4 is 0 Å². The molecule has 0 unspecified atom stereocenters. The monoisotopic (exact) mass is 171 g/mol. The molecule has 0 aromatic carbocycles. The van der Waals surface area contributed by atoms with Gasteiger partial charge in [0.1, 0.15) is 6.73 Å². The average molecular weight is 171 g/mol. The Morgan fingerprint density at radius 2 is 1.92 bits per heavy atom. The van der Waals surface area contributed by atoms with E-state index in [1.54, 1.807) is 24.4 Å². The maximum atomic E-state index is 5.28. The van der Waals surface area contributed by atoms with E-state index in [2.05, 4.69) is 13.2 Å². The van der Waals surface area contributed by atoms with Gasteiger partial charge in [-0.1, -0.05) is 13.2 Å². The molecule has 0 heterocycles. The maximum absolute atomic E-state index is 5.28. The van der Waals surface area contributed by atoms with Crippen LogP contribution in [0.4, 0.5) is 0 Å². The highest BCUT2D eigenvalue weighted by molar-refractivity contribution is 4.77. The van der Waals surface area contributed by atoms with Crippen LogP contribution in [-0.4, -0.2) is 32.0 Å². The van der Waals surface area contributed by atoms with Gasteiger partial charge in [0.15, 0.2) is 0 Å². The Balaban J connectivity index is 3.17. The number of methoxy groups -OCH3 is 1. The van der Waals surface area contributed by atoms with Crippen molar-refractivity contribution in [1.29, 1.82) is 0 Å². The molecule has 0 atom stereocenters. The molecule has 0 amide bonds. The van der Waals surface area contributed by atoms with Crippen LogP contribution in [0.15, 0.2) is 25.6 Å². The van der Waals surface area contributed by atoms with E-state index in [-0.39, 0.29) is 0 Å². The van der Waals surface area contributed by atoms with E-state index >= 15 is 0 Å². The summed E-state index contributed by atoms with van der Waals surface area (Å²) in [6.45, 7) is 9.14. The van der Waals surface area contributed by atoms with Crippen molar-refractivity contribution in [3.63, 3.8) is 0 Å². The van der Waals surface area contributed by atoms with E-state index in [1.165, 1.54) is 0 Å². The van der Waals surface area contributed by atoms with Crippen LogP contribution in [0.25, 0.3) is 0 Å². The first kappa shape index (κ1) is 11.2. The fraction of sp³-hybridized carbons (Fsp3) is 0.556. The Morgan fingerprint density at radius 1 is 1.25 bits per heavy atom. The maximum Gasteiger partial charge on any atom is 0.122 e. The number of ether oxygens (including phenoxy) is 2. The highest BCUT2D eigenvalue weighted by atomic mass is 16.5. The second kappa shape index (κ2) is 8.30. The first-order chi connectivity index (χ1) is 5.85. The molecule has 0 aromatic rings. The van der Waals surface area contributed by atoms with Gasteiger partial charge in [-0.25, -0.2) is 0 Å². The van der Waals surface area contributed by atoms with Gasteiger partial charge in [-0.2, -0.15) is 0 Å². The first-order valence-corrected chi connectivity index (χ1v) is 3.92. The zero-order chi connectivity index (χ0) is 9.23. The molecule has 70 valence electrons. The molecule has 0 aliphatic rings. The molecule has 0 aromatic heterocycles. The van der Waals surface area contributed by atoms with Gasteiger partial charge in [0, 0.05) is 13.7 Å². The molecule has 12 heavy (non-hydrogen) atoms. The molecule has 3 heteroatoms. The summed E-state index contributed by atoms with van der Waals surface area (Å²) in [6.07, 6.45) is 4.26. The number of hydrogen-bond donors (Lipinski definition) is 0.